The molecule has 0 atom stereocenters. The summed E-state index contributed by atoms with van der Waals surface area (Å²) in [6, 6.07) is 80.2. The van der Waals surface area contributed by atoms with E-state index in [4.69, 9.17) is 0 Å². The summed E-state index contributed by atoms with van der Waals surface area (Å²) in [5, 5.41) is 38.7. The molecule has 0 aliphatic rings. The molecular formula is C68H34N4S4. The van der Waals surface area contributed by atoms with E-state index in [1.165, 1.54) is 65.9 Å². The summed E-state index contributed by atoms with van der Waals surface area (Å²) < 4.78 is 14.2. The minimum atomic E-state index is 0.443. The van der Waals surface area contributed by atoms with Crippen molar-refractivity contribution in [3.05, 3.63) is 217 Å². The van der Waals surface area contributed by atoms with Crippen molar-refractivity contribution >= 4 is 170 Å². The van der Waals surface area contributed by atoms with E-state index in [0.717, 1.165) is 86.5 Å². The van der Waals surface area contributed by atoms with E-state index in [1.54, 1.807) is 45.3 Å². The molecule has 0 saturated heterocycles. The quantitative estimate of drug-likeness (QED) is 0.176. The Kier molecular flexibility index (Phi) is 8.73. The average Bonchev–Trinajstić information content (AvgIpc) is 4.34. The normalized spacial score (nSPS) is 12.2. The fourth-order valence-electron chi connectivity index (χ4n) is 12.6. The molecule has 11 aromatic carbocycles. The highest BCUT2D eigenvalue weighted by Gasteiger charge is 2.33. The number of rotatable bonds is 4. The lowest BCUT2D eigenvalue weighted by atomic mass is 9.86. The van der Waals surface area contributed by atoms with Gasteiger partial charge in [0.2, 0.25) is 0 Å². The number of aromatic nitrogens is 2. The zero-order valence-corrected chi connectivity index (χ0v) is 43.3. The maximum atomic E-state index is 12.3. The predicted octanol–water partition coefficient (Wildman–Crippen LogP) is 20.4. The smallest absolute Gasteiger partial charge is 0.102 e. The average molecular weight is 1040 g/mol. The van der Waals surface area contributed by atoms with Gasteiger partial charge in [-0.1, -0.05) is 133 Å². The van der Waals surface area contributed by atoms with Crippen LogP contribution in [-0.2, 0) is 0 Å². The molecule has 0 radical (unpaired) electrons. The number of hydrogen-bond donors (Lipinski definition) is 0. The van der Waals surface area contributed by atoms with Crippen molar-refractivity contribution in [3.8, 4) is 45.8 Å². The van der Waals surface area contributed by atoms with Crippen LogP contribution in [0.4, 0.5) is 0 Å². The minimum Gasteiger partial charge on any atom is -0.307 e. The number of benzene rings is 11. The largest absolute Gasteiger partial charge is 0.307 e. The SMILES string of the molecule is N#Cc1c(-c2ccc3c(c2)sc2ccccc23)c(C#N)c(-n2c3ccccc3c3cc4c(cc32)sc2ccccc24)c(-c2ccc3c(c2)sc2ccccc23)c1-n1c2ccccc2c2cc3c(cc21)sc1ccccc13. The summed E-state index contributed by atoms with van der Waals surface area (Å²) in [5.74, 6) is 0. The highest BCUT2D eigenvalue weighted by molar-refractivity contribution is 7.27. The van der Waals surface area contributed by atoms with Crippen LogP contribution in [0.1, 0.15) is 11.1 Å². The third-order valence-electron chi connectivity index (χ3n) is 15.8. The molecule has 0 aliphatic carbocycles. The fourth-order valence-corrected chi connectivity index (χ4v) is 17.1. The van der Waals surface area contributed by atoms with Crippen LogP contribution in [0.2, 0.25) is 0 Å². The molecule has 0 unspecified atom stereocenters. The van der Waals surface area contributed by atoms with Gasteiger partial charge < -0.3 is 9.13 Å². The summed E-state index contributed by atoms with van der Waals surface area (Å²) in [6.07, 6.45) is 0. The molecule has 0 fully saturated rings. The first-order valence-electron chi connectivity index (χ1n) is 25.2. The molecule has 0 spiro atoms. The van der Waals surface area contributed by atoms with E-state index in [9.17, 15) is 10.5 Å². The van der Waals surface area contributed by atoms with Gasteiger partial charge in [-0.2, -0.15) is 10.5 Å². The summed E-state index contributed by atoms with van der Waals surface area (Å²) >= 11 is 7.12. The molecular weight excluding hydrogens is 1000 g/mol. The van der Waals surface area contributed by atoms with Crippen molar-refractivity contribution < 1.29 is 0 Å². The third-order valence-corrected chi connectivity index (χ3v) is 20.3. The molecule has 6 aromatic heterocycles. The lowest BCUT2D eigenvalue weighted by Gasteiger charge is -2.25. The van der Waals surface area contributed by atoms with Gasteiger partial charge >= 0.3 is 0 Å². The molecule has 17 rings (SSSR count). The number of para-hydroxylation sites is 2. The molecule has 17 aromatic rings. The molecule has 0 bridgehead atoms. The number of nitriles is 2. The zero-order valence-electron chi connectivity index (χ0n) is 40.1. The van der Waals surface area contributed by atoms with E-state index in [2.05, 4.69) is 228 Å². The monoisotopic (exact) mass is 1030 g/mol. The van der Waals surface area contributed by atoms with Gasteiger partial charge in [-0.15, -0.1) is 45.3 Å². The Labute approximate surface area is 449 Å². The zero-order chi connectivity index (χ0) is 49.9. The van der Waals surface area contributed by atoms with Crippen LogP contribution in [0.5, 0.6) is 0 Å². The van der Waals surface area contributed by atoms with Crippen molar-refractivity contribution in [2.75, 3.05) is 0 Å². The summed E-state index contributed by atoms with van der Waals surface area (Å²) in [6.45, 7) is 0. The Hall–Kier alpha value is -9.12. The molecule has 4 nitrogen and oxygen atoms in total. The summed E-state index contributed by atoms with van der Waals surface area (Å²) in [5.41, 5.74) is 9.50. The second-order valence-electron chi connectivity index (χ2n) is 19.7. The number of nitrogens with zero attached hydrogens (tertiary/aromatic N) is 4. The first-order valence-corrected chi connectivity index (χ1v) is 28.4. The van der Waals surface area contributed by atoms with Crippen molar-refractivity contribution in [2.45, 2.75) is 0 Å². The number of fused-ring (bicyclic) bond motifs is 18. The Morgan fingerprint density at radius 3 is 1.00 bits per heavy atom. The van der Waals surface area contributed by atoms with Crippen LogP contribution in [0, 0.1) is 22.7 Å². The molecule has 0 amide bonds. The molecule has 0 N–H and O–H groups in total. The predicted molar refractivity (Wildman–Crippen MR) is 327 cm³/mol. The van der Waals surface area contributed by atoms with Gasteiger partial charge in [0.05, 0.1) is 44.6 Å². The summed E-state index contributed by atoms with van der Waals surface area (Å²) in [4.78, 5) is 0. The second-order valence-corrected chi connectivity index (χ2v) is 24.0. The first kappa shape index (κ1) is 42.3. The van der Waals surface area contributed by atoms with Crippen LogP contribution in [-0.4, -0.2) is 9.13 Å². The first-order chi connectivity index (χ1) is 37.6. The maximum Gasteiger partial charge on any atom is 0.102 e. The highest BCUT2D eigenvalue weighted by Crippen LogP contribution is 2.52. The fraction of sp³-hybridized carbons (Fsp3) is 0. The Bertz CT molecular complexity index is 5300. The van der Waals surface area contributed by atoms with Gasteiger partial charge in [-0.05, 0) is 83.9 Å². The maximum absolute atomic E-state index is 12.3. The summed E-state index contributed by atoms with van der Waals surface area (Å²) in [7, 11) is 0. The number of thiophene rings is 4. The second kappa shape index (κ2) is 15.7. The molecule has 6 heterocycles. The van der Waals surface area contributed by atoms with Crippen molar-refractivity contribution in [1.29, 1.82) is 10.5 Å². The van der Waals surface area contributed by atoms with E-state index >= 15 is 0 Å². The van der Waals surface area contributed by atoms with Gasteiger partial charge in [-0.3, -0.25) is 0 Å². The van der Waals surface area contributed by atoms with Gasteiger partial charge in [0.25, 0.3) is 0 Å². The van der Waals surface area contributed by atoms with Crippen molar-refractivity contribution in [3.63, 3.8) is 0 Å². The van der Waals surface area contributed by atoms with Crippen LogP contribution in [0.15, 0.2) is 206 Å². The number of hydrogen-bond acceptors (Lipinski definition) is 6. The molecule has 8 heteroatoms. The van der Waals surface area contributed by atoms with E-state index in [-0.39, 0.29) is 0 Å². The highest BCUT2D eigenvalue weighted by atomic mass is 32.1. The lowest BCUT2D eigenvalue weighted by molar-refractivity contribution is 1.12. The van der Waals surface area contributed by atoms with Gasteiger partial charge in [0.1, 0.15) is 12.1 Å². The van der Waals surface area contributed by atoms with Gasteiger partial charge in [0.15, 0.2) is 0 Å². The lowest BCUT2D eigenvalue weighted by Crippen LogP contribution is -2.11. The Morgan fingerprint density at radius 2 is 0.592 bits per heavy atom. The Balaban J connectivity index is 1.12. The third kappa shape index (κ3) is 5.73. The van der Waals surface area contributed by atoms with Crippen LogP contribution in [0.25, 0.3) is 158 Å². The minimum absolute atomic E-state index is 0.443. The van der Waals surface area contributed by atoms with Crippen LogP contribution in [0.3, 0.4) is 0 Å². The molecule has 0 saturated carbocycles. The van der Waals surface area contributed by atoms with Gasteiger partial charge in [-0.25, -0.2) is 0 Å². The Morgan fingerprint density at radius 1 is 0.263 bits per heavy atom. The van der Waals surface area contributed by atoms with Gasteiger partial charge in [0, 0.05) is 113 Å². The van der Waals surface area contributed by atoms with Crippen LogP contribution < -0.4 is 0 Å². The molecule has 76 heavy (non-hydrogen) atoms. The molecule has 0 aliphatic heterocycles. The topological polar surface area (TPSA) is 57.4 Å². The van der Waals surface area contributed by atoms with Crippen molar-refractivity contribution in [1.82, 2.24) is 9.13 Å². The van der Waals surface area contributed by atoms with E-state index < -0.39 is 0 Å². The molecule has 350 valence electrons. The van der Waals surface area contributed by atoms with Crippen molar-refractivity contribution in [2.24, 2.45) is 0 Å². The van der Waals surface area contributed by atoms with E-state index in [1.807, 2.05) is 0 Å². The van der Waals surface area contributed by atoms with E-state index in [0.29, 0.717) is 16.7 Å². The standard InChI is InChI=1S/C68H34N4S4/c69-35-51-65(37-25-27-45-41-15-3-9-21-57(41)73-61(45)29-37)52(36-70)68(72-54-20-8-2-14-40(54)48-32-50-44-18-6-12-24-60(44)76-64(50)34-56(48)72)66(38-26-28-46-42-16-4-10-22-58(42)74-62(46)30-38)67(51)71-53-19-7-1-13-39(53)47-31-49-43-17-5-11-23-59(43)75-63(49)33-55(47)71/h1-34H. The van der Waals surface area contributed by atoms with Crippen LogP contribution >= 0.6 is 45.3 Å².